The van der Waals surface area contributed by atoms with Crippen molar-refractivity contribution >= 4 is 5.91 Å². The Kier molecular flexibility index (Phi) is 4.72. The summed E-state index contributed by atoms with van der Waals surface area (Å²) in [5, 5.41) is 12.2. The van der Waals surface area contributed by atoms with Gasteiger partial charge in [-0.1, -0.05) is 0 Å². The van der Waals surface area contributed by atoms with Crippen LogP contribution in [0.3, 0.4) is 0 Å². The molecule has 19 heavy (non-hydrogen) atoms. The van der Waals surface area contributed by atoms with Gasteiger partial charge < -0.3 is 16.0 Å². The maximum absolute atomic E-state index is 13.3. The summed E-state index contributed by atoms with van der Waals surface area (Å²) in [6, 6.07) is 0.725. The van der Waals surface area contributed by atoms with Gasteiger partial charge in [0.15, 0.2) is 0 Å². The zero-order valence-corrected chi connectivity index (χ0v) is 11.0. The Bertz CT molecular complexity index is 364. The maximum Gasteiger partial charge on any atom is 0.240 e. The minimum Gasteiger partial charge on any atom is -0.322 e. The van der Waals surface area contributed by atoms with Gasteiger partial charge in [0.2, 0.25) is 5.91 Å². The minimum atomic E-state index is -1.10. The van der Waals surface area contributed by atoms with Crippen molar-refractivity contribution in [2.24, 2.45) is 11.7 Å². The molecule has 0 aliphatic carbocycles. The Labute approximate surface area is 112 Å². The number of halogens is 1. The molecular weight excluding hydrogens is 247 g/mol. The number of carbonyl (C=O) groups is 1. The van der Waals surface area contributed by atoms with Crippen LogP contribution in [0.25, 0.3) is 0 Å². The van der Waals surface area contributed by atoms with E-state index < -0.39 is 18.3 Å². The molecule has 2 rings (SSSR count). The monoisotopic (exact) mass is 268 g/mol. The van der Waals surface area contributed by atoms with E-state index in [4.69, 9.17) is 11.0 Å². The highest BCUT2D eigenvalue weighted by molar-refractivity contribution is 5.82. The Hall–Kier alpha value is -1.19. The fourth-order valence-corrected chi connectivity index (χ4v) is 2.94. The molecule has 0 saturated carbocycles. The standard InChI is InChI=1S/C13H21FN4O/c14-10-6-11(7-15)18(8-10)13(19)12(16)5-9-1-3-17-4-2-9/h9-12,17H,1-6,8,16H2/t10-,11-,12-/m0/s1. The molecule has 1 amide bonds. The van der Waals surface area contributed by atoms with Crippen LogP contribution in [0, 0.1) is 17.2 Å². The fourth-order valence-electron chi connectivity index (χ4n) is 2.94. The highest BCUT2D eigenvalue weighted by Crippen LogP contribution is 2.23. The average Bonchev–Trinajstić information content (AvgIpc) is 2.80. The lowest BCUT2D eigenvalue weighted by Crippen LogP contribution is -2.47. The Morgan fingerprint density at radius 1 is 1.53 bits per heavy atom. The van der Waals surface area contributed by atoms with Gasteiger partial charge in [0.05, 0.1) is 18.7 Å². The molecule has 0 unspecified atom stereocenters. The summed E-state index contributed by atoms with van der Waals surface area (Å²) < 4.78 is 13.3. The molecule has 2 aliphatic rings. The number of hydrogen-bond acceptors (Lipinski definition) is 4. The van der Waals surface area contributed by atoms with Crippen LogP contribution in [0.4, 0.5) is 4.39 Å². The number of nitrogens with zero attached hydrogens (tertiary/aromatic N) is 2. The molecule has 2 saturated heterocycles. The van der Waals surface area contributed by atoms with Crippen LogP contribution in [0.2, 0.25) is 0 Å². The van der Waals surface area contributed by atoms with E-state index in [1.54, 1.807) is 0 Å². The number of carbonyl (C=O) groups excluding carboxylic acids is 1. The lowest BCUT2D eigenvalue weighted by atomic mass is 9.91. The van der Waals surface area contributed by atoms with E-state index in [1.807, 2.05) is 6.07 Å². The van der Waals surface area contributed by atoms with Gasteiger partial charge in [0.25, 0.3) is 0 Å². The number of nitrogens with two attached hydrogens (primary N) is 1. The van der Waals surface area contributed by atoms with Crippen molar-refractivity contribution in [1.29, 1.82) is 5.26 Å². The van der Waals surface area contributed by atoms with E-state index >= 15 is 0 Å². The lowest BCUT2D eigenvalue weighted by Gasteiger charge is -2.28. The Balaban J connectivity index is 1.89. The van der Waals surface area contributed by atoms with Crippen molar-refractivity contribution in [3.63, 3.8) is 0 Å². The number of nitrogens with one attached hydrogen (secondary N) is 1. The molecule has 2 heterocycles. The second kappa shape index (κ2) is 6.31. The normalized spacial score (nSPS) is 30.1. The smallest absolute Gasteiger partial charge is 0.240 e. The predicted molar refractivity (Wildman–Crippen MR) is 68.8 cm³/mol. The second-order valence-electron chi connectivity index (χ2n) is 5.50. The zero-order chi connectivity index (χ0) is 13.8. The molecule has 0 aromatic carbocycles. The van der Waals surface area contributed by atoms with E-state index in [-0.39, 0.29) is 18.9 Å². The lowest BCUT2D eigenvalue weighted by molar-refractivity contribution is -0.133. The number of hydrogen-bond donors (Lipinski definition) is 2. The summed E-state index contributed by atoms with van der Waals surface area (Å²) in [7, 11) is 0. The van der Waals surface area contributed by atoms with Crippen molar-refractivity contribution in [3.05, 3.63) is 0 Å². The van der Waals surface area contributed by atoms with Crippen molar-refractivity contribution < 1.29 is 9.18 Å². The molecular formula is C13H21FN4O. The van der Waals surface area contributed by atoms with E-state index in [0.29, 0.717) is 12.3 Å². The third kappa shape index (κ3) is 3.43. The molecule has 6 heteroatoms. The van der Waals surface area contributed by atoms with Gasteiger partial charge in [-0.05, 0) is 38.3 Å². The van der Waals surface area contributed by atoms with Crippen LogP contribution in [0.1, 0.15) is 25.7 Å². The van der Waals surface area contributed by atoms with E-state index in [1.165, 1.54) is 4.90 Å². The number of amides is 1. The Morgan fingerprint density at radius 2 is 2.21 bits per heavy atom. The molecule has 2 fully saturated rings. The quantitative estimate of drug-likeness (QED) is 0.764. The molecule has 106 valence electrons. The molecule has 0 spiro atoms. The summed E-state index contributed by atoms with van der Waals surface area (Å²) in [5.74, 6) is 0.176. The number of likely N-dealkylation sites (tertiary alicyclic amines) is 1. The van der Waals surface area contributed by atoms with E-state index in [9.17, 15) is 9.18 Å². The fraction of sp³-hybridized carbons (Fsp3) is 0.846. The minimum absolute atomic E-state index is 0.0109. The predicted octanol–water partition coefficient (Wildman–Crippen LogP) is 0.166. The molecule has 3 N–H and O–H groups in total. The van der Waals surface area contributed by atoms with Crippen molar-refractivity contribution in [3.8, 4) is 6.07 Å². The third-order valence-corrected chi connectivity index (χ3v) is 4.05. The van der Waals surface area contributed by atoms with Gasteiger partial charge in [0.1, 0.15) is 12.2 Å². The number of alkyl halides is 1. The third-order valence-electron chi connectivity index (χ3n) is 4.05. The average molecular weight is 268 g/mol. The molecule has 2 aliphatic heterocycles. The van der Waals surface area contributed by atoms with Crippen molar-refractivity contribution in [1.82, 2.24) is 10.2 Å². The second-order valence-corrected chi connectivity index (χ2v) is 5.50. The van der Waals surface area contributed by atoms with Crippen LogP contribution in [0.5, 0.6) is 0 Å². The van der Waals surface area contributed by atoms with Crippen LogP contribution >= 0.6 is 0 Å². The number of rotatable bonds is 3. The van der Waals surface area contributed by atoms with Crippen LogP contribution in [0.15, 0.2) is 0 Å². The largest absolute Gasteiger partial charge is 0.322 e. The highest BCUT2D eigenvalue weighted by atomic mass is 19.1. The van der Waals surface area contributed by atoms with Crippen LogP contribution in [-0.4, -0.2) is 48.7 Å². The molecule has 5 nitrogen and oxygen atoms in total. The summed E-state index contributed by atoms with van der Waals surface area (Å²) in [5.41, 5.74) is 5.95. The highest BCUT2D eigenvalue weighted by Gasteiger charge is 2.37. The van der Waals surface area contributed by atoms with Gasteiger partial charge >= 0.3 is 0 Å². The maximum atomic E-state index is 13.3. The van der Waals surface area contributed by atoms with E-state index in [2.05, 4.69) is 5.32 Å². The number of piperidine rings is 1. The van der Waals surface area contributed by atoms with Crippen LogP contribution in [-0.2, 0) is 4.79 Å². The zero-order valence-electron chi connectivity index (χ0n) is 11.0. The summed E-state index contributed by atoms with van der Waals surface area (Å²) in [6.07, 6.45) is 1.69. The van der Waals surface area contributed by atoms with Crippen molar-refractivity contribution in [2.75, 3.05) is 19.6 Å². The number of nitriles is 1. The Morgan fingerprint density at radius 3 is 2.84 bits per heavy atom. The molecule has 0 bridgehead atoms. The topological polar surface area (TPSA) is 82.2 Å². The van der Waals surface area contributed by atoms with E-state index in [0.717, 1.165) is 25.9 Å². The van der Waals surface area contributed by atoms with Crippen molar-refractivity contribution in [2.45, 2.75) is 43.9 Å². The summed E-state index contributed by atoms with van der Waals surface area (Å²) >= 11 is 0. The van der Waals surface area contributed by atoms with Gasteiger partial charge in [-0.25, -0.2) is 4.39 Å². The first-order chi connectivity index (χ1) is 9.11. The van der Waals surface area contributed by atoms with Gasteiger partial charge in [-0.15, -0.1) is 0 Å². The summed E-state index contributed by atoms with van der Waals surface area (Å²) in [4.78, 5) is 13.5. The van der Waals surface area contributed by atoms with Gasteiger partial charge in [-0.3, -0.25) is 4.79 Å². The summed E-state index contributed by atoms with van der Waals surface area (Å²) in [6.45, 7) is 1.93. The first-order valence-corrected chi connectivity index (χ1v) is 6.92. The molecule has 3 atom stereocenters. The SMILES string of the molecule is N#C[C@@H]1C[C@H](F)CN1C(=O)[C@@H](N)CC1CCNCC1. The van der Waals surface area contributed by atoms with Crippen LogP contribution < -0.4 is 11.1 Å². The first-order valence-electron chi connectivity index (χ1n) is 6.92. The molecule has 0 radical (unpaired) electrons. The van der Waals surface area contributed by atoms with Gasteiger partial charge in [-0.2, -0.15) is 5.26 Å². The first kappa shape index (κ1) is 14.2. The molecule has 0 aromatic rings. The van der Waals surface area contributed by atoms with Gasteiger partial charge in [0, 0.05) is 6.42 Å². The molecule has 0 aromatic heterocycles.